The van der Waals surface area contributed by atoms with E-state index >= 15 is 0 Å². The van der Waals surface area contributed by atoms with E-state index in [4.69, 9.17) is 4.74 Å². The topological polar surface area (TPSA) is 79.0 Å². The normalized spacial score (nSPS) is 20.8. The van der Waals surface area contributed by atoms with Gasteiger partial charge in [0.2, 0.25) is 6.41 Å². The number of rotatable bonds is 2. The monoisotopic (exact) mass is 303 g/mol. The van der Waals surface area contributed by atoms with Crippen LogP contribution < -0.4 is 10.1 Å². The van der Waals surface area contributed by atoms with Crippen LogP contribution in [0.5, 0.6) is 5.75 Å². The van der Waals surface area contributed by atoms with Gasteiger partial charge in [0.1, 0.15) is 5.75 Å². The largest absolute Gasteiger partial charge is 0.479 e. The highest BCUT2D eigenvalue weighted by Gasteiger charge is 2.26. The second-order valence-corrected chi connectivity index (χ2v) is 5.39. The molecule has 0 aliphatic carbocycles. The van der Waals surface area contributed by atoms with E-state index in [1.165, 1.54) is 0 Å². The molecule has 2 heterocycles. The first-order valence-corrected chi connectivity index (χ1v) is 7.18. The first-order chi connectivity index (χ1) is 10.6. The predicted octanol–water partition coefficient (Wildman–Crippen LogP) is 0.320. The third-order valence-electron chi connectivity index (χ3n) is 3.91. The molecule has 22 heavy (non-hydrogen) atoms. The molecule has 7 nitrogen and oxygen atoms in total. The molecule has 3 amide bonds. The van der Waals surface area contributed by atoms with Crippen LogP contribution in [0.1, 0.15) is 17.3 Å². The molecule has 1 N–H and O–H groups in total. The summed E-state index contributed by atoms with van der Waals surface area (Å²) < 4.78 is 5.47. The Hall–Kier alpha value is -2.57. The Kier molecular flexibility index (Phi) is 3.70. The summed E-state index contributed by atoms with van der Waals surface area (Å²) in [5, 5.41) is 2.73. The Balaban J connectivity index is 1.75. The highest BCUT2D eigenvalue weighted by Crippen LogP contribution is 2.30. The van der Waals surface area contributed by atoms with Crippen LogP contribution in [0.4, 0.5) is 5.69 Å². The Morgan fingerprint density at radius 2 is 2.05 bits per heavy atom. The highest BCUT2D eigenvalue weighted by atomic mass is 16.5. The zero-order valence-electron chi connectivity index (χ0n) is 12.2. The second-order valence-electron chi connectivity index (χ2n) is 5.39. The van der Waals surface area contributed by atoms with Crippen molar-refractivity contribution in [1.29, 1.82) is 0 Å². The molecule has 0 aromatic heterocycles. The number of fused-ring (bicyclic) bond motifs is 1. The summed E-state index contributed by atoms with van der Waals surface area (Å²) in [6, 6.07) is 5.02. The summed E-state index contributed by atoms with van der Waals surface area (Å²) in [5.41, 5.74) is 1.01. The van der Waals surface area contributed by atoms with Crippen LogP contribution in [-0.4, -0.2) is 60.3 Å². The second kappa shape index (κ2) is 5.67. The maximum atomic E-state index is 12.5. The smallest absolute Gasteiger partial charge is 0.265 e. The van der Waals surface area contributed by atoms with Crippen LogP contribution in [0.2, 0.25) is 0 Å². The molecule has 7 heteroatoms. The van der Waals surface area contributed by atoms with Crippen LogP contribution in [0.15, 0.2) is 18.2 Å². The molecule has 2 aliphatic rings. The van der Waals surface area contributed by atoms with E-state index in [2.05, 4.69) is 5.32 Å². The fourth-order valence-electron chi connectivity index (χ4n) is 2.55. The number of carbonyl (C=O) groups excluding carboxylic acids is 3. The quantitative estimate of drug-likeness (QED) is 0.798. The minimum Gasteiger partial charge on any atom is -0.479 e. The number of ether oxygens (including phenoxy) is 1. The summed E-state index contributed by atoms with van der Waals surface area (Å²) in [7, 11) is 0. The lowest BCUT2D eigenvalue weighted by Gasteiger charge is -2.32. The van der Waals surface area contributed by atoms with Crippen LogP contribution in [0, 0.1) is 0 Å². The number of hydrogen-bond acceptors (Lipinski definition) is 4. The van der Waals surface area contributed by atoms with Crippen molar-refractivity contribution in [1.82, 2.24) is 9.80 Å². The van der Waals surface area contributed by atoms with Gasteiger partial charge in [0, 0.05) is 31.7 Å². The Labute approximate surface area is 127 Å². The van der Waals surface area contributed by atoms with Gasteiger partial charge in [-0.05, 0) is 25.1 Å². The number of nitrogens with zero attached hydrogens (tertiary/aromatic N) is 2. The zero-order chi connectivity index (χ0) is 15.7. The minimum absolute atomic E-state index is 0.110. The van der Waals surface area contributed by atoms with E-state index in [0.29, 0.717) is 43.2 Å². The molecule has 3 rings (SSSR count). The van der Waals surface area contributed by atoms with Gasteiger partial charge in [0.25, 0.3) is 11.8 Å². The number of piperazine rings is 1. The van der Waals surface area contributed by atoms with E-state index in [9.17, 15) is 14.4 Å². The highest BCUT2D eigenvalue weighted by molar-refractivity contribution is 6.01. The van der Waals surface area contributed by atoms with Gasteiger partial charge in [0.05, 0.1) is 5.69 Å². The maximum absolute atomic E-state index is 12.5. The minimum atomic E-state index is -0.537. The average molecular weight is 303 g/mol. The molecule has 1 aromatic carbocycles. The molecule has 2 aliphatic heterocycles. The van der Waals surface area contributed by atoms with Gasteiger partial charge in [-0.3, -0.25) is 14.4 Å². The van der Waals surface area contributed by atoms with Crippen LogP contribution in [0.3, 0.4) is 0 Å². The standard InChI is InChI=1S/C15H17N3O4/c1-10-14(20)16-12-8-11(2-3-13(12)22-10)15(21)18-6-4-17(9-19)5-7-18/h2-3,8-10H,4-7H2,1H3,(H,16,20). The van der Waals surface area contributed by atoms with Crippen molar-refractivity contribution in [3.8, 4) is 5.75 Å². The summed E-state index contributed by atoms with van der Waals surface area (Å²) in [5.74, 6) is 0.229. The van der Waals surface area contributed by atoms with E-state index in [1.807, 2.05) is 0 Å². The van der Waals surface area contributed by atoms with Crippen molar-refractivity contribution in [2.45, 2.75) is 13.0 Å². The third kappa shape index (κ3) is 2.61. The number of carbonyl (C=O) groups is 3. The van der Waals surface area contributed by atoms with Crippen LogP contribution in [0.25, 0.3) is 0 Å². The zero-order valence-corrected chi connectivity index (χ0v) is 12.2. The molecule has 1 aromatic rings. The number of amides is 3. The Bertz CT molecular complexity index is 623. The molecular weight excluding hydrogens is 286 g/mol. The molecule has 116 valence electrons. The lowest BCUT2D eigenvalue weighted by atomic mass is 10.1. The van der Waals surface area contributed by atoms with Crippen molar-refractivity contribution in [2.75, 3.05) is 31.5 Å². The first kappa shape index (κ1) is 14.4. The summed E-state index contributed by atoms with van der Waals surface area (Å²) in [4.78, 5) is 38.2. The van der Waals surface area contributed by atoms with Gasteiger partial charge >= 0.3 is 0 Å². The lowest BCUT2D eigenvalue weighted by Crippen LogP contribution is -2.48. The van der Waals surface area contributed by atoms with Gasteiger partial charge in [-0.2, -0.15) is 0 Å². The molecule has 1 fully saturated rings. The molecule has 1 saturated heterocycles. The molecule has 0 bridgehead atoms. The van der Waals surface area contributed by atoms with Gasteiger partial charge in [-0.15, -0.1) is 0 Å². The lowest BCUT2D eigenvalue weighted by molar-refractivity contribution is -0.122. The van der Waals surface area contributed by atoms with E-state index in [1.54, 1.807) is 34.9 Å². The SMILES string of the molecule is CC1Oc2ccc(C(=O)N3CCN(C=O)CC3)cc2NC1=O. The average Bonchev–Trinajstić information content (AvgIpc) is 2.55. The number of anilines is 1. The van der Waals surface area contributed by atoms with Gasteiger partial charge < -0.3 is 19.9 Å². The van der Waals surface area contributed by atoms with E-state index < -0.39 is 6.10 Å². The van der Waals surface area contributed by atoms with Crippen molar-refractivity contribution in [2.24, 2.45) is 0 Å². The molecule has 0 radical (unpaired) electrons. The van der Waals surface area contributed by atoms with Crippen molar-refractivity contribution >= 4 is 23.9 Å². The first-order valence-electron chi connectivity index (χ1n) is 7.18. The van der Waals surface area contributed by atoms with Crippen molar-refractivity contribution in [3.63, 3.8) is 0 Å². The van der Waals surface area contributed by atoms with E-state index in [-0.39, 0.29) is 11.8 Å². The molecule has 0 saturated carbocycles. The summed E-state index contributed by atoms with van der Waals surface area (Å²) in [6.07, 6.45) is 0.264. The number of benzene rings is 1. The van der Waals surface area contributed by atoms with Crippen LogP contribution >= 0.6 is 0 Å². The van der Waals surface area contributed by atoms with Crippen molar-refractivity contribution in [3.05, 3.63) is 23.8 Å². The Morgan fingerprint density at radius 3 is 2.73 bits per heavy atom. The Morgan fingerprint density at radius 1 is 1.32 bits per heavy atom. The molecule has 1 unspecified atom stereocenters. The fraction of sp³-hybridized carbons (Fsp3) is 0.400. The fourth-order valence-corrected chi connectivity index (χ4v) is 2.55. The predicted molar refractivity (Wildman–Crippen MR) is 78.7 cm³/mol. The third-order valence-corrected chi connectivity index (χ3v) is 3.91. The summed E-state index contributed by atoms with van der Waals surface area (Å²) in [6.45, 7) is 3.77. The molecular formula is C15H17N3O4. The summed E-state index contributed by atoms with van der Waals surface area (Å²) >= 11 is 0. The van der Waals surface area contributed by atoms with E-state index in [0.717, 1.165) is 6.41 Å². The maximum Gasteiger partial charge on any atom is 0.265 e. The van der Waals surface area contributed by atoms with Crippen molar-refractivity contribution < 1.29 is 19.1 Å². The van der Waals surface area contributed by atoms with Gasteiger partial charge in [0.15, 0.2) is 6.10 Å². The van der Waals surface area contributed by atoms with Crippen LogP contribution in [-0.2, 0) is 9.59 Å². The molecule has 0 spiro atoms. The molecule has 1 atom stereocenters. The number of nitrogens with one attached hydrogen (secondary N) is 1. The van der Waals surface area contributed by atoms with Gasteiger partial charge in [-0.25, -0.2) is 0 Å². The van der Waals surface area contributed by atoms with Gasteiger partial charge in [-0.1, -0.05) is 0 Å². The number of hydrogen-bond donors (Lipinski definition) is 1.